The van der Waals surface area contributed by atoms with Crippen molar-refractivity contribution in [2.45, 2.75) is 26.8 Å². The highest BCUT2D eigenvalue weighted by Crippen LogP contribution is 2.24. The summed E-state index contributed by atoms with van der Waals surface area (Å²) in [6.07, 6.45) is 1.05. The highest BCUT2D eigenvalue weighted by molar-refractivity contribution is 5.38. The lowest BCUT2D eigenvalue weighted by Gasteiger charge is -2.09. The lowest BCUT2D eigenvalue weighted by atomic mass is 10.1. The molecular formula is C16H19NO. The molecule has 0 saturated carbocycles. The van der Waals surface area contributed by atoms with Crippen LogP contribution in [0.2, 0.25) is 0 Å². The van der Waals surface area contributed by atoms with E-state index in [0.29, 0.717) is 6.54 Å². The maximum atomic E-state index is 5.82. The Kier molecular flexibility index (Phi) is 4.00. The lowest BCUT2D eigenvalue weighted by Crippen LogP contribution is -1.98. The van der Waals surface area contributed by atoms with Gasteiger partial charge in [-0.15, -0.1) is 0 Å². The summed E-state index contributed by atoms with van der Waals surface area (Å²) >= 11 is 0. The van der Waals surface area contributed by atoms with Gasteiger partial charge in [-0.2, -0.15) is 0 Å². The molecule has 0 radical (unpaired) electrons. The topological polar surface area (TPSA) is 35.2 Å². The summed E-state index contributed by atoms with van der Waals surface area (Å²) in [5.74, 6) is 1.72. The molecule has 0 aliphatic carbocycles. The van der Waals surface area contributed by atoms with Gasteiger partial charge in [-0.3, -0.25) is 0 Å². The van der Waals surface area contributed by atoms with Gasteiger partial charge in [0.15, 0.2) is 0 Å². The summed E-state index contributed by atoms with van der Waals surface area (Å²) in [7, 11) is 0. The van der Waals surface area contributed by atoms with Crippen LogP contribution in [-0.2, 0) is 13.0 Å². The molecule has 0 atom stereocenters. The van der Waals surface area contributed by atoms with Crippen LogP contribution in [0.5, 0.6) is 11.5 Å². The number of rotatable bonds is 4. The molecule has 0 fully saturated rings. The van der Waals surface area contributed by atoms with Crippen molar-refractivity contribution in [2.75, 3.05) is 0 Å². The summed E-state index contributed by atoms with van der Waals surface area (Å²) in [5.41, 5.74) is 9.28. The van der Waals surface area contributed by atoms with Crippen molar-refractivity contribution in [3.8, 4) is 11.5 Å². The highest BCUT2D eigenvalue weighted by Gasteiger charge is 2.01. The fourth-order valence-corrected chi connectivity index (χ4v) is 1.89. The number of benzene rings is 2. The molecule has 0 amide bonds. The van der Waals surface area contributed by atoms with Crippen LogP contribution in [-0.4, -0.2) is 0 Å². The molecular weight excluding hydrogens is 222 g/mol. The first-order chi connectivity index (χ1) is 8.72. The van der Waals surface area contributed by atoms with E-state index in [1.165, 1.54) is 11.1 Å². The number of aryl methyl sites for hydroxylation is 2. The van der Waals surface area contributed by atoms with Crippen LogP contribution in [0.3, 0.4) is 0 Å². The molecule has 94 valence electrons. The molecule has 0 aliphatic rings. The van der Waals surface area contributed by atoms with Crippen molar-refractivity contribution >= 4 is 0 Å². The van der Waals surface area contributed by atoms with Crippen LogP contribution in [0.1, 0.15) is 23.6 Å². The van der Waals surface area contributed by atoms with Crippen LogP contribution in [0.4, 0.5) is 0 Å². The molecule has 0 saturated heterocycles. The Balaban J connectivity index is 2.15. The molecule has 2 N–H and O–H groups in total. The molecule has 2 heteroatoms. The van der Waals surface area contributed by atoms with Crippen molar-refractivity contribution in [2.24, 2.45) is 5.73 Å². The van der Waals surface area contributed by atoms with E-state index in [9.17, 15) is 0 Å². The zero-order valence-corrected chi connectivity index (χ0v) is 10.9. The van der Waals surface area contributed by atoms with E-state index in [-0.39, 0.29) is 0 Å². The molecule has 2 aromatic carbocycles. The van der Waals surface area contributed by atoms with Gasteiger partial charge in [0.1, 0.15) is 11.5 Å². The Morgan fingerprint density at radius 3 is 2.22 bits per heavy atom. The van der Waals surface area contributed by atoms with Gasteiger partial charge in [0.05, 0.1) is 0 Å². The highest BCUT2D eigenvalue weighted by atomic mass is 16.5. The molecule has 0 spiro atoms. The fraction of sp³-hybridized carbons (Fsp3) is 0.250. The van der Waals surface area contributed by atoms with Gasteiger partial charge in [0, 0.05) is 6.54 Å². The predicted octanol–water partition coefficient (Wildman–Crippen LogP) is 3.81. The van der Waals surface area contributed by atoms with Crippen LogP contribution in [0, 0.1) is 6.92 Å². The van der Waals surface area contributed by atoms with E-state index in [4.69, 9.17) is 10.5 Å². The number of ether oxygens (including phenoxy) is 1. The molecule has 2 rings (SSSR count). The minimum atomic E-state index is 0.567. The smallest absolute Gasteiger partial charge is 0.127 e. The van der Waals surface area contributed by atoms with Crippen molar-refractivity contribution in [1.82, 2.24) is 0 Å². The van der Waals surface area contributed by atoms with E-state index < -0.39 is 0 Å². The Bertz CT molecular complexity index is 517. The van der Waals surface area contributed by atoms with Crippen molar-refractivity contribution in [1.29, 1.82) is 0 Å². The van der Waals surface area contributed by atoms with Gasteiger partial charge in [-0.25, -0.2) is 0 Å². The summed E-state index contributed by atoms with van der Waals surface area (Å²) in [6.45, 7) is 4.76. The Morgan fingerprint density at radius 2 is 1.67 bits per heavy atom. The van der Waals surface area contributed by atoms with Gasteiger partial charge in [0.2, 0.25) is 0 Å². The van der Waals surface area contributed by atoms with Crippen LogP contribution >= 0.6 is 0 Å². The van der Waals surface area contributed by atoms with E-state index in [0.717, 1.165) is 23.5 Å². The second-order valence-corrected chi connectivity index (χ2v) is 4.39. The summed E-state index contributed by atoms with van der Waals surface area (Å²) in [5, 5.41) is 0. The first-order valence-electron chi connectivity index (χ1n) is 6.29. The maximum Gasteiger partial charge on any atom is 0.127 e. The molecule has 18 heavy (non-hydrogen) atoms. The first-order valence-corrected chi connectivity index (χ1v) is 6.29. The van der Waals surface area contributed by atoms with Gasteiger partial charge in [0.25, 0.3) is 0 Å². The van der Waals surface area contributed by atoms with Crippen molar-refractivity contribution < 1.29 is 4.74 Å². The average Bonchev–Trinajstić information content (AvgIpc) is 2.40. The molecule has 0 unspecified atom stereocenters. The zero-order chi connectivity index (χ0) is 13.0. The third-order valence-corrected chi connectivity index (χ3v) is 3.10. The third-order valence-electron chi connectivity index (χ3n) is 3.10. The minimum Gasteiger partial charge on any atom is -0.457 e. The lowest BCUT2D eigenvalue weighted by molar-refractivity contribution is 0.482. The monoisotopic (exact) mass is 241 g/mol. The van der Waals surface area contributed by atoms with Gasteiger partial charge in [-0.05, 0) is 54.3 Å². The Morgan fingerprint density at radius 1 is 1.00 bits per heavy atom. The second kappa shape index (κ2) is 5.69. The summed E-state index contributed by atoms with van der Waals surface area (Å²) in [6, 6.07) is 14.2. The first kappa shape index (κ1) is 12.7. The molecule has 2 nitrogen and oxygen atoms in total. The Hall–Kier alpha value is -1.80. The number of hydrogen-bond donors (Lipinski definition) is 1. The van der Waals surface area contributed by atoms with E-state index in [2.05, 4.69) is 26.0 Å². The van der Waals surface area contributed by atoms with Crippen molar-refractivity contribution in [3.63, 3.8) is 0 Å². The van der Waals surface area contributed by atoms with Gasteiger partial charge in [-0.1, -0.05) is 25.1 Å². The summed E-state index contributed by atoms with van der Waals surface area (Å²) < 4.78 is 5.82. The second-order valence-electron chi connectivity index (χ2n) is 4.39. The minimum absolute atomic E-state index is 0.567. The van der Waals surface area contributed by atoms with Gasteiger partial charge < -0.3 is 10.5 Å². The molecule has 2 aromatic rings. The largest absolute Gasteiger partial charge is 0.457 e. The van der Waals surface area contributed by atoms with E-state index >= 15 is 0 Å². The van der Waals surface area contributed by atoms with E-state index in [1.807, 2.05) is 30.3 Å². The molecule has 0 bridgehead atoms. The maximum absolute atomic E-state index is 5.82. The number of hydrogen-bond acceptors (Lipinski definition) is 2. The third kappa shape index (κ3) is 2.90. The van der Waals surface area contributed by atoms with E-state index in [1.54, 1.807) is 0 Å². The fourth-order valence-electron chi connectivity index (χ4n) is 1.89. The SMILES string of the molecule is CCc1ccc(Oc2ccc(CN)c(C)c2)cc1. The van der Waals surface area contributed by atoms with Gasteiger partial charge >= 0.3 is 0 Å². The van der Waals surface area contributed by atoms with Crippen LogP contribution in [0.25, 0.3) is 0 Å². The quantitative estimate of drug-likeness (QED) is 0.883. The zero-order valence-electron chi connectivity index (χ0n) is 10.9. The molecule has 0 aromatic heterocycles. The Labute approximate surface area is 108 Å². The number of nitrogens with two attached hydrogens (primary N) is 1. The summed E-state index contributed by atoms with van der Waals surface area (Å²) in [4.78, 5) is 0. The van der Waals surface area contributed by atoms with Crippen LogP contribution in [0.15, 0.2) is 42.5 Å². The molecule has 0 aliphatic heterocycles. The average molecular weight is 241 g/mol. The predicted molar refractivity (Wildman–Crippen MR) is 75.0 cm³/mol. The standard InChI is InChI=1S/C16H19NO/c1-3-13-4-7-15(8-5-13)18-16-9-6-14(11-17)12(2)10-16/h4-10H,3,11,17H2,1-2H3. The normalized spacial score (nSPS) is 10.4. The molecule has 0 heterocycles. The van der Waals surface area contributed by atoms with Crippen molar-refractivity contribution in [3.05, 3.63) is 59.2 Å². The van der Waals surface area contributed by atoms with Crippen LogP contribution < -0.4 is 10.5 Å².